The molecule has 0 aromatic rings. The number of hydrogen-bond acceptors (Lipinski definition) is 2. The first kappa shape index (κ1) is 8.60. The molecule has 2 rings (SSSR count). The van der Waals surface area contributed by atoms with E-state index < -0.39 is 0 Å². The summed E-state index contributed by atoms with van der Waals surface area (Å²) in [4.78, 5) is 0. The topological polar surface area (TPSA) is 25.1 Å². The summed E-state index contributed by atoms with van der Waals surface area (Å²) in [6.07, 6.45) is 0.716. The molecule has 2 fully saturated rings. The van der Waals surface area contributed by atoms with E-state index in [1.807, 2.05) is 6.92 Å². The smallest absolute Gasteiger partial charge is 0.157 e. The maximum absolute atomic E-state index is 5.31. The van der Waals surface area contributed by atoms with E-state index in [9.17, 15) is 0 Å². The Bertz CT molecular complexity index is 99.9. The fraction of sp³-hybridized carbons (Fsp3) is 1.00. The average molecular weight is 185 g/mol. The van der Waals surface area contributed by atoms with Crippen molar-refractivity contribution in [2.24, 2.45) is 0 Å². The minimum absolute atomic E-state index is 0.0231. The van der Waals surface area contributed by atoms with Gasteiger partial charge in [0.05, 0.1) is 24.7 Å². The Hall–Kier alpha value is 0.500. The summed E-state index contributed by atoms with van der Waals surface area (Å²) in [5.41, 5.74) is 0.0231. The van der Waals surface area contributed by atoms with Crippen LogP contribution in [-0.2, 0) is 9.47 Å². The van der Waals surface area contributed by atoms with Gasteiger partial charge in [0.25, 0.3) is 0 Å². The standard InChI is InChI=1S/2C3H5ClO/c4-1-3-2-5-3;1-2-3(4)5-2/h3H,1-2H2;2-3H,1H3. The Morgan fingerprint density at radius 3 is 2.00 bits per heavy atom. The van der Waals surface area contributed by atoms with Gasteiger partial charge in [0.15, 0.2) is 5.56 Å². The molecule has 0 N–H and O–H groups in total. The van der Waals surface area contributed by atoms with Crippen LogP contribution < -0.4 is 0 Å². The minimum atomic E-state index is 0.0231. The molecule has 0 radical (unpaired) electrons. The molecule has 2 saturated heterocycles. The van der Waals surface area contributed by atoms with Crippen molar-refractivity contribution in [1.82, 2.24) is 0 Å². The Balaban J connectivity index is 0.0000001000. The lowest BCUT2D eigenvalue weighted by molar-refractivity contribution is 0.411. The largest absolute Gasteiger partial charge is 0.372 e. The van der Waals surface area contributed by atoms with Crippen molar-refractivity contribution in [2.75, 3.05) is 12.5 Å². The summed E-state index contributed by atoms with van der Waals surface area (Å²) >= 11 is 10.6. The lowest BCUT2D eigenvalue weighted by atomic mass is 10.6. The van der Waals surface area contributed by atoms with Crippen LogP contribution in [0.25, 0.3) is 0 Å². The molecule has 0 aliphatic carbocycles. The van der Waals surface area contributed by atoms with Crippen LogP contribution in [0.15, 0.2) is 0 Å². The highest BCUT2D eigenvalue weighted by molar-refractivity contribution is 6.21. The lowest BCUT2D eigenvalue weighted by Gasteiger charge is -1.67. The molecule has 10 heavy (non-hydrogen) atoms. The van der Waals surface area contributed by atoms with Crippen LogP contribution in [0.4, 0.5) is 0 Å². The fourth-order valence-corrected chi connectivity index (χ4v) is 0.657. The third-order valence-corrected chi connectivity index (χ3v) is 2.01. The molecule has 60 valence electrons. The summed E-state index contributed by atoms with van der Waals surface area (Å²) in [5.74, 6) is 0.667. The van der Waals surface area contributed by atoms with Crippen LogP contribution in [0.3, 0.4) is 0 Å². The molecular weight excluding hydrogens is 175 g/mol. The molecule has 3 atom stereocenters. The van der Waals surface area contributed by atoms with Gasteiger partial charge in [-0.3, -0.25) is 0 Å². The van der Waals surface area contributed by atoms with Crippen LogP contribution >= 0.6 is 23.2 Å². The SMILES string of the molecule is CC1OC1Cl.ClCC1CO1. The van der Waals surface area contributed by atoms with Crippen LogP contribution in [0.1, 0.15) is 6.92 Å². The minimum Gasteiger partial charge on any atom is -0.372 e. The van der Waals surface area contributed by atoms with Gasteiger partial charge in [0.1, 0.15) is 0 Å². The van der Waals surface area contributed by atoms with Crippen molar-refractivity contribution in [3.63, 3.8) is 0 Å². The number of hydrogen-bond donors (Lipinski definition) is 0. The second kappa shape index (κ2) is 3.77. The Kier molecular flexibility index (Phi) is 3.24. The van der Waals surface area contributed by atoms with Gasteiger partial charge < -0.3 is 9.47 Å². The van der Waals surface area contributed by atoms with E-state index in [1.54, 1.807) is 0 Å². The van der Waals surface area contributed by atoms with Crippen molar-refractivity contribution < 1.29 is 9.47 Å². The number of rotatable bonds is 1. The van der Waals surface area contributed by atoms with Crippen molar-refractivity contribution in [3.05, 3.63) is 0 Å². The summed E-state index contributed by atoms with van der Waals surface area (Å²) in [6.45, 7) is 2.82. The first-order valence-electron chi connectivity index (χ1n) is 3.21. The zero-order chi connectivity index (χ0) is 7.56. The molecule has 0 amide bonds. The predicted molar refractivity (Wildman–Crippen MR) is 40.6 cm³/mol. The molecule has 0 bridgehead atoms. The number of alkyl halides is 2. The van der Waals surface area contributed by atoms with E-state index >= 15 is 0 Å². The molecule has 2 nitrogen and oxygen atoms in total. The first-order valence-corrected chi connectivity index (χ1v) is 4.18. The van der Waals surface area contributed by atoms with Gasteiger partial charge in [-0.1, -0.05) is 11.6 Å². The van der Waals surface area contributed by atoms with Crippen molar-refractivity contribution in [2.45, 2.75) is 24.7 Å². The summed E-state index contributed by atoms with van der Waals surface area (Å²) < 4.78 is 9.41. The number of halogens is 2. The predicted octanol–water partition coefficient (Wildman–Crippen LogP) is 1.59. The molecule has 3 unspecified atom stereocenters. The van der Waals surface area contributed by atoms with Gasteiger partial charge >= 0.3 is 0 Å². The number of epoxide rings is 2. The highest BCUT2D eigenvalue weighted by Gasteiger charge is 2.30. The fourth-order valence-electron chi connectivity index (χ4n) is 0.317. The summed E-state index contributed by atoms with van der Waals surface area (Å²) in [7, 11) is 0. The Labute approximate surface area is 70.4 Å². The maximum atomic E-state index is 5.31. The van der Waals surface area contributed by atoms with Gasteiger partial charge in [-0.2, -0.15) is 0 Å². The van der Waals surface area contributed by atoms with Gasteiger partial charge in [-0.05, 0) is 6.92 Å². The van der Waals surface area contributed by atoms with E-state index in [1.165, 1.54) is 0 Å². The van der Waals surface area contributed by atoms with Crippen LogP contribution in [0.2, 0.25) is 0 Å². The Morgan fingerprint density at radius 1 is 1.60 bits per heavy atom. The van der Waals surface area contributed by atoms with E-state index in [2.05, 4.69) is 4.74 Å². The van der Waals surface area contributed by atoms with E-state index in [4.69, 9.17) is 27.9 Å². The van der Waals surface area contributed by atoms with Gasteiger partial charge in [0, 0.05) is 0 Å². The second-order valence-corrected chi connectivity index (χ2v) is 3.04. The molecule has 0 saturated carbocycles. The van der Waals surface area contributed by atoms with Crippen LogP contribution in [0.5, 0.6) is 0 Å². The third-order valence-electron chi connectivity index (χ3n) is 1.21. The zero-order valence-corrected chi connectivity index (χ0v) is 7.23. The second-order valence-electron chi connectivity index (χ2n) is 2.30. The molecule has 2 aliphatic rings. The van der Waals surface area contributed by atoms with E-state index in [0.29, 0.717) is 18.1 Å². The number of ether oxygens (including phenoxy) is 2. The van der Waals surface area contributed by atoms with E-state index in [0.717, 1.165) is 6.61 Å². The van der Waals surface area contributed by atoms with Crippen molar-refractivity contribution in [3.8, 4) is 0 Å². The average Bonchev–Trinajstić information content (AvgIpc) is 2.74. The first-order chi connectivity index (χ1) is 4.74. The highest BCUT2D eigenvalue weighted by atomic mass is 35.5. The van der Waals surface area contributed by atoms with Crippen LogP contribution in [-0.4, -0.2) is 30.3 Å². The zero-order valence-electron chi connectivity index (χ0n) is 5.72. The van der Waals surface area contributed by atoms with Gasteiger partial charge in [0.2, 0.25) is 0 Å². The monoisotopic (exact) mass is 184 g/mol. The molecule has 0 aromatic heterocycles. The molecule has 4 heteroatoms. The third kappa shape index (κ3) is 3.62. The molecule has 2 heterocycles. The lowest BCUT2D eigenvalue weighted by Crippen LogP contribution is -1.80. The molecule has 0 spiro atoms. The van der Waals surface area contributed by atoms with Crippen LogP contribution in [0, 0.1) is 0 Å². The summed E-state index contributed by atoms with van der Waals surface area (Å²) in [6, 6.07) is 0. The van der Waals surface area contributed by atoms with Gasteiger partial charge in [-0.15, -0.1) is 11.6 Å². The normalized spacial score (nSPS) is 41.7. The quantitative estimate of drug-likeness (QED) is 0.457. The van der Waals surface area contributed by atoms with Crippen molar-refractivity contribution in [1.29, 1.82) is 0 Å². The Morgan fingerprint density at radius 2 is 2.00 bits per heavy atom. The molecular formula is C6H10Cl2O2. The van der Waals surface area contributed by atoms with E-state index in [-0.39, 0.29) is 5.56 Å². The highest BCUT2D eigenvalue weighted by Crippen LogP contribution is 2.23. The van der Waals surface area contributed by atoms with Gasteiger partial charge in [-0.25, -0.2) is 0 Å². The maximum Gasteiger partial charge on any atom is 0.157 e. The molecule has 2 aliphatic heterocycles. The van der Waals surface area contributed by atoms with Crippen molar-refractivity contribution >= 4 is 23.2 Å². The molecule has 0 aromatic carbocycles. The summed E-state index contributed by atoms with van der Waals surface area (Å²) in [5, 5.41) is 0.